The number of nitrogens with two attached hydrogens (primary N) is 2. The van der Waals surface area contributed by atoms with Gasteiger partial charge in [0.05, 0.1) is 5.54 Å². The van der Waals surface area contributed by atoms with Crippen LogP contribution >= 0.6 is 11.8 Å². The van der Waals surface area contributed by atoms with Gasteiger partial charge >= 0.3 is 0 Å². The van der Waals surface area contributed by atoms with Gasteiger partial charge in [-0.25, -0.2) is 0 Å². The molecule has 0 saturated heterocycles. The van der Waals surface area contributed by atoms with Gasteiger partial charge in [-0.05, 0) is 50.0 Å². The molecule has 104 valence electrons. The van der Waals surface area contributed by atoms with Crippen molar-refractivity contribution >= 4 is 17.7 Å². The Kier molecular flexibility index (Phi) is 4.53. The molecule has 0 bridgehead atoms. The normalized spacial score (nSPS) is 26.5. The van der Waals surface area contributed by atoms with Crippen LogP contribution < -0.4 is 11.5 Å². The quantitative estimate of drug-likeness (QED) is 0.813. The molecule has 1 aromatic carbocycles. The van der Waals surface area contributed by atoms with Crippen LogP contribution in [0.25, 0.3) is 0 Å². The maximum absolute atomic E-state index is 11.5. The van der Waals surface area contributed by atoms with Crippen LogP contribution in [-0.2, 0) is 4.79 Å². The second-order valence-electron chi connectivity index (χ2n) is 5.44. The minimum atomic E-state index is -0.770. The van der Waals surface area contributed by atoms with E-state index in [1.165, 1.54) is 10.5 Å². The average Bonchev–Trinajstić information content (AvgIpc) is 2.75. The number of rotatable bonds is 5. The number of aryl methyl sites for hydroxylation is 1. The zero-order chi connectivity index (χ0) is 13.9. The number of benzene rings is 1. The second-order valence-corrected chi connectivity index (χ2v) is 6.61. The van der Waals surface area contributed by atoms with Gasteiger partial charge in [-0.1, -0.05) is 24.1 Å². The van der Waals surface area contributed by atoms with Crippen LogP contribution in [-0.4, -0.2) is 17.2 Å². The highest BCUT2D eigenvalue weighted by atomic mass is 32.2. The van der Waals surface area contributed by atoms with E-state index in [4.69, 9.17) is 11.5 Å². The number of amides is 1. The third-order valence-electron chi connectivity index (χ3n) is 4.09. The Labute approximate surface area is 119 Å². The highest BCUT2D eigenvalue weighted by molar-refractivity contribution is 7.99. The maximum Gasteiger partial charge on any atom is 0.237 e. The molecule has 1 amide bonds. The Morgan fingerprint density at radius 1 is 1.42 bits per heavy atom. The molecule has 19 heavy (non-hydrogen) atoms. The van der Waals surface area contributed by atoms with E-state index in [9.17, 15) is 4.79 Å². The monoisotopic (exact) mass is 278 g/mol. The number of hydrogen-bond acceptors (Lipinski definition) is 3. The van der Waals surface area contributed by atoms with Gasteiger partial charge in [-0.3, -0.25) is 4.79 Å². The minimum Gasteiger partial charge on any atom is -0.368 e. The Balaban J connectivity index is 1.85. The van der Waals surface area contributed by atoms with Crippen LogP contribution in [0.5, 0.6) is 0 Å². The van der Waals surface area contributed by atoms with Crippen molar-refractivity contribution in [1.82, 2.24) is 0 Å². The lowest BCUT2D eigenvalue weighted by atomic mass is 9.85. The van der Waals surface area contributed by atoms with Gasteiger partial charge in [-0.15, -0.1) is 11.8 Å². The summed E-state index contributed by atoms with van der Waals surface area (Å²) in [5.74, 6) is 0.887. The van der Waals surface area contributed by atoms with Crippen molar-refractivity contribution in [3.8, 4) is 0 Å². The molecule has 2 rings (SSSR count). The first-order valence-electron chi connectivity index (χ1n) is 6.80. The Morgan fingerprint density at radius 2 is 2.11 bits per heavy atom. The van der Waals surface area contributed by atoms with Gasteiger partial charge in [0.15, 0.2) is 0 Å². The first-order valence-corrected chi connectivity index (χ1v) is 7.79. The van der Waals surface area contributed by atoms with Crippen molar-refractivity contribution in [3.63, 3.8) is 0 Å². The summed E-state index contributed by atoms with van der Waals surface area (Å²) in [5.41, 5.74) is 12.1. The van der Waals surface area contributed by atoms with E-state index in [1.807, 2.05) is 11.8 Å². The van der Waals surface area contributed by atoms with E-state index < -0.39 is 5.54 Å². The molecule has 1 aliphatic carbocycles. The van der Waals surface area contributed by atoms with Crippen LogP contribution in [0, 0.1) is 12.8 Å². The van der Waals surface area contributed by atoms with E-state index >= 15 is 0 Å². The SMILES string of the molecule is Cc1ccc(SCCC2CCCC2(N)C(N)=O)cc1. The van der Waals surface area contributed by atoms with E-state index in [2.05, 4.69) is 31.2 Å². The molecular formula is C15H22N2OS. The predicted molar refractivity (Wildman–Crippen MR) is 80.0 cm³/mol. The molecule has 2 unspecified atom stereocenters. The number of carbonyl (C=O) groups is 1. The van der Waals surface area contributed by atoms with Crippen LogP contribution in [0.15, 0.2) is 29.2 Å². The lowest BCUT2D eigenvalue weighted by Gasteiger charge is -2.27. The minimum absolute atomic E-state index is 0.239. The number of thioether (sulfide) groups is 1. The molecule has 1 saturated carbocycles. The number of carbonyl (C=O) groups excluding carboxylic acids is 1. The molecule has 0 aliphatic heterocycles. The smallest absolute Gasteiger partial charge is 0.237 e. The molecule has 4 heteroatoms. The molecule has 1 fully saturated rings. The van der Waals surface area contributed by atoms with Crippen LogP contribution in [0.3, 0.4) is 0 Å². The summed E-state index contributed by atoms with van der Waals surface area (Å²) in [6.07, 6.45) is 3.73. The Hall–Kier alpha value is -1.00. The summed E-state index contributed by atoms with van der Waals surface area (Å²) in [4.78, 5) is 12.8. The molecule has 0 heterocycles. The lowest BCUT2D eigenvalue weighted by Crippen LogP contribution is -2.54. The third kappa shape index (κ3) is 3.31. The Bertz CT molecular complexity index is 446. The topological polar surface area (TPSA) is 69.1 Å². The lowest BCUT2D eigenvalue weighted by molar-refractivity contribution is -0.124. The molecule has 0 radical (unpaired) electrons. The summed E-state index contributed by atoms with van der Waals surface area (Å²) < 4.78 is 0. The third-order valence-corrected chi connectivity index (χ3v) is 5.13. The average molecular weight is 278 g/mol. The van der Waals surface area contributed by atoms with E-state index in [-0.39, 0.29) is 11.8 Å². The van der Waals surface area contributed by atoms with E-state index in [0.717, 1.165) is 31.4 Å². The second kappa shape index (κ2) is 5.97. The molecule has 1 aromatic rings. The molecule has 2 atom stereocenters. The summed E-state index contributed by atoms with van der Waals surface area (Å²) >= 11 is 1.82. The van der Waals surface area contributed by atoms with Gasteiger partial charge < -0.3 is 11.5 Å². The fourth-order valence-electron chi connectivity index (χ4n) is 2.78. The molecule has 1 aliphatic rings. The van der Waals surface area contributed by atoms with Crippen molar-refractivity contribution in [2.45, 2.75) is 43.0 Å². The largest absolute Gasteiger partial charge is 0.368 e. The van der Waals surface area contributed by atoms with Crippen molar-refractivity contribution in [2.75, 3.05) is 5.75 Å². The zero-order valence-electron chi connectivity index (χ0n) is 11.4. The van der Waals surface area contributed by atoms with Crippen molar-refractivity contribution in [1.29, 1.82) is 0 Å². The van der Waals surface area contributed by atoms with Gasteiger partial charge in [0.2, 0.25) is 5.91 Å². The van der Waals surface area contributed by atoms with Crippen molar-refractivity contribution in [2.24, 2.45) is 17.4 Å². The predicted octanol–water partition coefficient (Wildman–Crippen LogP) is 2.46. The molecular weight excluding hydrogens is 256 g/mol. The zero-order valence-corrected chi connectivity index (χ0v) is 12.2. The fraction of sp³-hybridized carbons (Fsp3) is 0.533. The van der Waals surface area contributed by atoms with Crippen molar-refractivity contribution < 1.29 is 4.79 Å². The number of primary amides is 1. The maximum atomic E-state index is 11.5. The Morgan fingerprint density at radius 3 is 2.74 bits per heavy atom. The van der Waals surface area contributed by atoms with Crippen LogP contribution in [0.4, 0.5) is 0 Å². The van der Waals surface area contributed by atoms with Gasteiger partial charge in [0.25, 0.3) is 0 Å². The molecule has 4 N–H and O–H groups in total. The number of hydrogen-bond donors (Lipinski definition) is 2. The van der Waals surface area contributed by atoms with E-state index in [0.29, 0.717) is 0 Å². The molecule has 0 spiro atoms. The fourth-order valence-corrected chi connectivity index (χ4v) is 3.75. The summed E-state index contributed by atoms with van der Waals surface area (Å²) in [6, 6.07) is 8.51. The summed E-state index contributed by atoms with van der Waals surface area (Å²) in [6.45, 7) is 2.09. The summed E-state index contributed by atoms with van der Waals surface area (Å²) in [5, 5.41) is 0. The first kappa shape index (κ1) is 14.4. The molecule has 0 aromatic heterocycles. The van der Waals surface area contributed by atoms with Gasteiger partial charge in [0.1, 0.15) is 0 Å². The van der Waals surface area contributed by atoms with Crippen LogP contribution in [0.1, 0.15) is 31.2 Å². The highest BCUT2D eigenvalue weighted by Crippen LogP contribution is 2.37. The highest BCUT2D eigenvalue weighted by Gasteiger charge is 2.43. The van der Waals surface area contributed by atoms with Gasteiger partial charge in [0, 0.05) is 4.90 Å². The van der Waals surface area contributed by atoms with Crippen LogP contribution in [0.2, 0.25) is 0 Å². The molecule has 3 nitrogen and oxygen atoms in total. The summed E-state index contributed by atoms with van der Waals surface area (Å²) in [7, 11) is 0. The first-order chi connectivity index (χ1) is 9.02. The van der Waals surface area contributed by atoms with E-state index in [1.54, 1.807) is 0 Å². The van der Waals surface area contributed by atoms with Crippen molar-refractivity contribution in [3.05, 3.63) is 29.8 Å². The standard InChI is InChI=1S/C15H22N2OS/c1-11-4-6-13(7-5-11)19-10-8-12-3-2-9-15(12,17)14(16)18/h4-7,12H,2-3,8-10,17H2,1H3,(H2,16,18). The van der Waals surface area contributed by atoms with Gasteiger partial charge in [-0.2, -0.15) is 0 Å².